The standard InChI is InChI=1S/C14H21N3O2/c1-17(7-8-19-10-11-5-6-11)14(18)16-13-4-2-3-12(15)9-13/h2-4,9,11H,5-8,10,15H2,1H3,(H,16,18). The van der Waals surface area contributed by atoms with Crippen molar-refractivity contribution < 1.29 is 9.53 Å². The van der Waals surface area contributed by atoms with Crippen LogP contribution < -0.4 is 11.1 Å². The molecule has 5 heteroatoms. The van der Waals surface area contributed by atoms with E-state index in [2.05, 4.69) is 5.32 Å². The van der Waals surface area contributed by atoms with Gasteiger partial charge >= 0.3 is 6.03 Å². The summed E-state index contributed by atoms with van der Waals surface area (Å²) < 4.78 is 5.51. The Hall–Kier alpha value is -1.75. The van der Waals surface area contributed by atoms with Gasteiger partial charge < -0.3 is 20.7 Å². The number of likely N-dealkylation sites (N-methyl/N-ethyl adjacent to an activating group) is 1. The minimum atomic E-state index is -0.152. The van der Waals surface area contributed by atoms with E-state index in [1.807, 2.05) is 12.1 Å². The summed E-state index contributed by atoms with van der Waals surface area (Å²) in [5.74, 6) is 0.756. The number of anilines is 2. The molecule has 1 aliphatic carbocycles. The molecule has 5 nitrogen and oxygen atoms in total. The quantitative estimate of drug-likeness (QED) is 0.610. The Morgan fingerprint density at radius 3 is 3.00 bits per heavy atom. The SMILES string of the molecule is CN(CCOCC1CC1)C(=O)Nc1cccc(N)c1. The first-order valence-corrected chi connectivity index (χ1v) is 6.60. The van der Waals surface area contributed by atoms with Crippen molar-refractivity contribution in [1.29, 1.82) is 0 Å². The number of benzene rings is 1. The largest absolute Gasteiger partial charge is 0.399 e. The van der Waals surface area contributed by atoms with Gasteiger partial charge in [-0.2, -0.15) is 0 Å². The monoisotopic (exact) mass is 263 g/mol. The average molecular weight is 263 g/mol. The van der Waals surface area contributed by atoms with Gasteiger partial charge in [-0.1, -0.05) is 6.07 Å². The fourth-order valence-corrected chi connectivity index (χ4v) is 1.67. The van der Waals surface area contributed by atoms with E-state index in [0.717, 1.165) is 12.5 Å². The van der Waals surface area contributed by atoms with Crippen molar-refractivity contribution >= 4 is 17.4 Å². The van der Waals surface area contributed by atoms with Crippen LogP contribution in [-0.2, 0) is 4.74 Å². The Labute approximate surface area is 113 Å². The number of carbonyl (C=O) groups is 1. The molecule has 2 amide bonds. The lowest BCUT2D eigenvalue weighted by Crippen LogP contribution is -2.34. The summed E-state index contributed by atoms with van der Waals surface area (Å²) in [4.78, 5) is 13.5. The van der Waals surface area contributed by atoms with E-state index >= 15 is 0 Å². The lowest BCUT2D eigenvalue weighted by Gasteiger charge is -2.18. The number of nitrogens with zero attached hydrogens (tertiary/aromatic N) is 1. The molecule has 0 saturated heterocycles. The maximum absolute atomic E-state index is 11.9. The van der Waals surface area contributed by atoms with Crippen molar-refractivity contribution in [2.24, 2.45) is 5.92 Å². The second-order valence-electron chi connectivity index (χ2n) is 5.00. The molecule has 0 heterocycles. The number of rotatable bonds is 6. The van der Waals surface area contributed by atoms with E-state index in [-0.39, 0.29) is 6.03 Å². The van der Waals surface area contributed by atoms with E-state index in [9.17, 15) is 4.79 Å². The lowest BCUT2D eigenvalue weighted by molar-refractivity contribution is 0.109. The van der Waals surface area contributed by atoms with Gasteiger partial charge in [-0.15, -0.1) is 0 Å². The molecular formula is C14H21N3O2. The normalized spacial score (nSPS) is 14.2. The van der Waals surface area contributed by atoms with Gasteiger partial charge in [-0.3, -0.25) is 0 Å². The molecule has 1 fully saturated rings. The van der Waals surface area contributed by atoms with Gasteiger partial charge in [-0.05, 0) is 37.0 Å². The van der Waals surface area contributed by atoms with E-state index in [0.29, 0.717) is 24.5 Å². The van der Waals surface area contributed by atoms with Crippen LogP contribution in [0.25, 0.3) is 0 Å². The van der Waals surface area contributed by atoms with Gasteiger partial charge in [-0.25, -0.2) is 4.79 Å². The summed E-state index contributed by atoms with van der Waals surface area (Å²) in [5, 5.41) is 2.80. The van der Waals surface area contributed by atoms with Crippen LogP contribution >= 0.6 is 0 Å². The zero-order valence-electron chi connectivity index (χ0n) is 11.3. The van der Waals surface area contributed by atoms with Gasteiger partial charge in [0.2, 0.25) is 0 Å². The maximum Gasteiger partial charge on any atom is 0.321 e. The van der Waals surface area contributed by atoms with Crippen LogP contribution in [0.4, 0.5) is 16.2 Å². The molecule has 19 heavy (non-hydrogen) atoms. The number of urea groups is 1. The summed E-state index contributed by atoms with van der Waals surface area (Å²) >= 11 is 0. The third-order valence-electron chi connectivity index (χ3n) is 3.11. The van der Waals surface area contributed by atoms with Crippen molar-refractivity contribution in [3.05, 3.63) is 24.3 Å². The second kappa shape index (κ2) is 6.43. The van der Waals surface area contributed by atoms with E-state index in [1.165, 1.54) is 12.8 Å². The first kappa shape index (κ1) is 13.7. The molecule has 1 aromatic rings. The number of nitrogen functional groups attached to an aromatic ring is 1. The number of ether oxygens (including phenoxy) is 1. The van der Waals surface area contributed by atoms with Crippen LogP contribution in [0.15, 0.2) is 24.3 Å². The number of hydrogen-bond acceptors (Lipinski definition) is 3. The van der Waals surface area contributed by atoms with Crippen LogP contribution in [0, 0.1) is 5.92 Å². The zero-order valence-corrected chi connectivity index (χ0v) is 11.3. The highest BCUT2D eigenvalue weighted by atomic mass is 16.5. The van der Waals surface area contributed by atoms with Gasteiger partial charge in [0.25, 0.3) is 0 Å². The molecule has 3 N–H and O–H groups in total. The first-order valence-electron chi connectivity index (χ1n) is 6.60. The molecule has 1 saturated carbocycles. The number of hydrogen-bond donors (Lipinski definition) is 2. The summed E-state index contributed by atoms with van der Waals surface area (Å²) in [6, 6.07) is 6.98. The first-order chi connectivity index (χ1) is 9.15. The molecule has 104 valence electrons. The third-order valence-corrected chi connectivity index (χ3v) is 3.11. The van der Waals surface area contributed by atoms with Crippen molar-refractivity contribution in [3.63, 3.8) is 0 Å². The van der Waals surface area contributed by atoms with Crippen LogP contribution in [0.3, 0.4) is 0 Å². The van der Waals surface area contributed by atoms with Gasteiger partial charge in [0.1, 0.15) is 0 Å². The Kier molecular flexibility index (Phi) is 4.63. The number of nitrogens with two attached hydrogens (primary N) is 1. The Balaban J connectivity index is 1.68. The van der Waals surface area contributed by atoms with E-state index in [4.69, 9.17) is 10.5 Å². The maximum atomic E-state index is 11.9. The summed E-state index contributed by atoms with van der Waals surface area (Å²) in [7, 11) is 1.75. The summed E-state index contributed by atoms with van der Waals surface area (Å²) in [6.45, 7) is 1.99. The number of carbonyl (C=O) groups excluding carboxylic acids is 1. The molecule has 0 radical (unpaired) electrons. The summed E-state index contributed by atoms with van der Waals surface area (Å²) in [5.41, 5.74) is 6.99. The molecule has 0 atom stereocenters. The Morgan fingerprint density at radius 1 is 1.53 bits per heavy atom. The Bertz CT molecular complexity index is 432. The molecular weight excluding hydrogens is 242 g/mol. The van der Waals surface area contributed by atoms with Crippen LogP contribution in [0.2, 0.25) is 0 Å². The molecule has 0 spiro atoms. The second-order valence-corrected chi connectivity index (χ2v) is 5.00. The number of nitrogens with one attached hydrogen (secondary N) is 1. The molecule has 2 rings (SSSR count). The smallest absolute Gasteiger partial charge is 0.321 e. The molecule has 0 aromatic heterocycles. The van der Waals surface area contributed by atoms with Gasteiger partial charge in [0.05, 0.1) is 6.61 Å². The molecule has 1 aliphatic rings. The van der Waals surface area contributed by atoms with Gasteiger partial charge in [0.15, 0.2) is 0 Å². The van der Waals surface area contributed by atoms with Gasteiger partial charge in [0, 0.05) is 31.6 Å². The minimum absolute atomic E-state index is 0.152. The van der Waals surface area contributed by atoms with E-state index < -0.39 is 0 Å². The van der Waals surface area contributed by atoms with Crippen LogP contribution in [-0.4, -0.2) is 37.7 Å². The predicted octanol–water partition coefficient (Wildman–Crippen LogP) is 2.16. The van der Waals surface area contributed by atoms with E-state index in [1.54, 1.807) is 24.1 Å². The fourth-order valence-electron chi connectivity index (χ4n) is 1.67. The van der Waals surface area contributed by atoms with Crippen molar-refractivity contribution in [1.82, 2.24) is 4.90 Å². The number of amides is 2. The predicted molar refractivity (Wildman–Crippen MR) is 76.0 cm³/mol. The lowest BCUT2D eigenvalue weighted by atomic mass is 10.3. The zero-order chi connectivity index (χ0) is 13.7. The fraction of sp³-hybridized carbons (Fsp3) is 0.500. The topological polar surface area (TPSA) is 67.6 Å². The summed E-state index contributed by atoms with van der Waals surface area (Å²) in [6.07, 6.45) is 2.57. The third kappa shape index (κ3) is 4.79. The van der Waals surface area contributed by atoms with Crippen molar-refractivity contribution in [3.8, 4) is 0 Å². The average Bonchev–Trinajstić information content (AvgIpc) is 3.18. The Morgan fingerprint density at radius 2 is 2.32 bits per heavy atom. The highest BCUT2D eigenvalue weighted by Gasteiger charge is 2.21. The van der Waals surface area contributed by atoms with Crippen LogP contribution in [0.1, 0.15) is 12.8 Å². The highest BCUT2D eigenvalue weighted by Crippen LogP contribution is 2.28. The van der Waals surface area contributed by atoms with Crippen molar-refractivity contribution in [2.45, 2.75) is 12.8 Å². The molecule has 0 unspecified atom stereocenters. The van der Waals surface area contributed by atoms with Crippen molar-refractivity contribution in [2.75, 3.05) is 37.9 Å². The molecule has 0 aliphatic heterocycles. The highest BCUT2D eigenvalue weighted by molar-refractivity contribution is 5.89. The molecule has 0 bridgehead atoms. The van der Waals surface area contributed by atoms with Crippen LogP contribution in [0.5, 0.6) is 0 Å². The molecule has 1 aromatic carbocycles. The minimum Gasteiger partial charge on any atom is -0.399 e.